The number of anilines is 3. The lowest BCUT2D eigenvalue weighted by molar-refractivity contribution is 0.0557. The van der Waals surface area contributed by atoms with Crippen molar-refractivity contribution in [3.8, 4) is 33.4 Å². The van der Waals surface area contributed by atoms with Crippen LogP contribution in [0.2, 0.25) is 0 Å². The third kappa shape index (κ3) is 4.43. The Morgan fingerprint density at radius 2 is 1.23 bits per heavy atom. The fraction of sp³-hybridized carbons (Fsp3) is 0.308. The number of fused-ring (bicyclic) bond motifs is 13. The lowest BCUT2D eigenvalue weighted by Crippen LogP contribution is -2.48. The smallest absolute Gasteiger partial charge is 0.0543 e. The van der Waals surface area contributed by atoms with Gasteiger partial charge >= 0.3 is 0 Å². The maximum Gasteiger partial charge on any atom is 0.0543 e. The highest BCUT2D eigenvalue weighted by atomic mass is 15.1. The Morgan fingerprint density at radius 1 is 0.547 bits per heavy atom. The molecule has 3 saturated carbocycles. The Bertz CT molecular complexity index is 2340. The third-order valence-corrected chi connectivity index (χ3v) is 14.8. The van der Waals surface area contributed by atoms with Crippen LogP contribution in [0.15, 0.2) is 140 Å². The molecule has 5 aliphatic carbocycles. The van der Waals surface area contributed by atoms with Crippen LogP contribution >= 0.6 is 0 Å². The number of rotatable bonds is 5. The first-order chi connectivity index (χ1) is 26.2. The average Bonchev–Trinajstić information content (AvgIpc) is 3.91. The Kier molecular flexibility index (Phi) is 7.20. The molecule has 0 radical (unpaired) electrons. The zero-order valence-corrected chi connectivity index (χ0v) is 31.0. The predicted octanol–water partition coefficient (Wildman–Crippen LogP) is 14.2. The molecule has 4 unspecified atom stereocenters. The van der Waals surface area contributed by atoms with Gasteiger partial charge in [0, 0.05) is 27.8 Å². The summed E-state index contributed by atoms with van der Waals surface area (Å²) in [6.45, 7) is 2.47. The minimum atomic E-state index is 0.125. The molecule has 0 heterocycles. The molecule has 0 N–H and O–H groups in total. The van der Waals surface area contributed by atoms with Gasteiger partial charge in [-0.05, 0) is 130 Å². The van der Waals surface area contributed by atoms with Gasteiger partial charge in [-0.25, -0.2) is 0 Å². The van der Waals surface area contributed by atoms with E-state index in [1.54, 1.807) is 11.1 Å². The Morgan fingerprint density at radius 3 is 2.04 bits per heavy atom. The van der Waals surface area contributed by atoms with Crippen LogP contribution in [-0.2, 0) is 10.8 Å². The highest BCUT2D eigenvalue weighted by Crippen LogP contribution is 2.65. The van der Waals surface area contributed by atoms with E-state index >= 15 is 0 Å². The summed E-state index contributed by atoms with van der Waals surface area (Å²) in [5.74, 6) is 2.32. The average molecular weight is 688 g/mol. The lowest BCUT2D eigenvalue weighted by atomic mass is 9.50. The molecule has 1 heteroatoms. The first-order valence-electron chi connectivity index (χ1n) is 20.6. The normalized spacial score (nSPS) is 24.1. The fourth-order valence-corrected chi connectivity index (χ4v) is 12.7. The van der Waals surface area contributed by atoms with E-state index < -0.39 is 0 Å². The Hall–Kier alpha value is -4.88. The van der Waals surface area contributed by atoms with Crippen LogP contribution in [0.1, 0.15) is 93.4 Å². The molecule has 1 nitrogen and oxygen atoms in total. The largest absolute Gasteiger partial charge is 0.310 e. The molecule has 0 saturated heterocycles. The van der Waals surface area contributed by atoms with Crippen molar-refractivity contribution in [1.82, 2.24) is 0 Å². The molecule has 262 valence electrons. The molecule has 0 amide bonds. The van der Waals surface area contributed by atoms with Crippen LogP contribution in [0.5, 0.6) is 0 Å². The van der Waals surface area contributed by atoms with Crippen LogP contribution in [-0.4, -0.2) is 0 Å². The van der Waals surface area contributed by atoms with Crippen LogP contribution in [0.25, 0.3) is 33.4 Å². The van der Waals surface area contributed by atoms with Gasteiger partial charge < -0.3 is 4.90 Å². The standard InChI is InChI=1S/C52H49N/c1-2-38-32-35-14-12-17-39(33-35)52(38)46-21-9-6-18-42(46)44-34-41(28-29-47(44)52)53(40-26-24-37(25-27-40)36-15-4-3-5-16-36)49-23-13-22-48-50(49)43-19-7-8-20-45(43)51(48)30-10-11-31-51/h3-9,13,15-16,18-29,34-35,38-39H,2,10-12,14,17,30-33H2,1H3. The third-order valence-electron chi connectivity index (χ3n) is 14.8. The molecular weight excluding hydrogens is 639 g/mol. The van der Waals surface area contributed by atoms with E-state index in [9.17, 15) is 0 Å². The minimum absolute atomic E-state index is 0.125. The number of hydrogen-bond acceptors (Lipinski definition) is 1. The Balaban J connectivity index is 1.13. The predicted molar refractivity (Wildman–Crippen MR) is 221 cm³/mol. The van der Waals surface area contributed by atoms with Crippen molar-refractivity contribution >= 4 is 17.1 Å². The quantitative estimate of drug-likeness (QED) is 0.174. The monoisotopic (exact) mass is 687 g/mol. The van der Waals surface area contributed by atoms with Gasteiger partial charge in [-0.15, -0.1) is 0 Å². The van der Waals surface area contributed by atoms with Crippen molar-refractivity contribution in [2.75, 3.05) is 4.90 Å². The second-order valence-electron chi connectivity index (χ2n) is 17.0. The van der Waals surface area contributed by atoms with Crippen molar-refractivity contribution < 1.29 is 0 Å². The molecule has 0 aliphatic heterocycles. The van der Waals surface area contributed by atoms with E-state index in [1.165, 1.54) is 126 Å². The topological polar surface area (TPSA) is 3.24 Å². The summed E-state index contributed by atoms with van der Waals surface area (Å²) in [7, 11) is 0. The van der Waals surface area contributed by atoms with E-state index in [4.69, 9.17) is 0 Å². The van der Waals surface area contributed by atoms with E-state index in [0.29, 0.717) is 5.92 Å². The van der Waals surface area contributed by atoms with Gasteiger partial charge in [0.15, 0.2) is 0 Å². The maximum absolute atomic E-state index is 2.60. The molecule has 53 heavy (non-hydrogen) atoms. The van der Waals surface area contributed by atoms with Crippen LogP contribution < -0.4 is 4.90 Å². The molecule has 5 aliphatic rings. The van der Waals surface area contributed by atoms with Gasteiger partial charge in [0.25, 0.3) is 0 Å². The summed E-state index contributed by atoms with van der Waals surface area (Å²) in [5.41, 5.74) is 18.6. The summed E-state index contributed by atoms with van der Waals surface area (Å²) in [5, 5.41) is 0. The maximum atomic E-state index is 2.60. The van der Waals surface area contributed by atoms with Crippen LogP contribution in [0.4, 0.5) is 17.1 Å². The van der Waals surface area contributed by atoms with Crippen molar-refractivity contribution in [1.29, 1.82) is 0 Å². The van der Waals surface area contributed by atoms with Gasteiger partial charge in [0.2, 0.25) is 0 Å². The molecule has 2 bridgehead atoms. The van der Waals surface area contributed by atoms with Crippen molar-refractivity contribution in [3.05, 3.63) is 162 Å². The molecule has 2 spiro atoms. The van der Waals surface area contributed by atoms with Gasteiger partial charge in [0.1, 0.15) is 0 Å². The van der Waals surface area contributed by atoms with E-state index in [1.807, 2.05) is 0 Å². The van der Waals surface area contributed by atoms with Gasteiger partial charge in [-0.2, -0.15) is 0 Å². The molecule has 4 atom stereocenters. The van der Waals surface area contributed by atoms with Gasteiger partial charge in [-0.3, -0.25) is 0 Å². The highest BCUT2D eigenvalue weighted by molar-refractivity contribution is 5.96. The lowest BCUT2D eigenvalue weighted by Gasteiger charge is -2.54. The van der Waals surface area contributed by atoms with Crippen LogP contribution in [0, 0.1) is 17.8 Å². The Labute approximate surface area is 315 Å². The molecule has 3 fully saturated rings. The van der Waals surface area contributed by atoms with Crippen molar-refractivity contribution in [3.63, 3.8) is 0 Å². The summed E-state index contributed by atoms with van der Waals surface area (Å²) in [4.78, 5) is 2.60. The van der Waals surface area contributed by atoms with E-state index in [0.717, 1.165) is 11.8 Å². The fourth-order valence-electron chi connectivity index (χ4n) is 12.7. The highest BCUT2D eigenvalue weighted by Gasteiger charge is 2.56. The SMILES string of the molecule is CCC1CC2CCCC(C2)C12c1ccccc1-c1cc(N(c3ccc(-c4ccccc4)cc3)c3cccc4c3-c3ccccc3C43CCCC3)ccc12. The molecular formula is C52H49N. The zero-order chi connectivity index (χ0) is 35.1. The van der Waals surface area contributed by atoms with Crippen molar-refractivity contribution in [2.45, 2.75) is 82.0 Å². The summed E-state index contributed by atoms with van der Waals surface area (Å²) >= 11 is 0. The second-order valence-corrected chi connectivity index (χ2v) is 17.0. The minimum Gasteiger partial charge on any atom is -0.310 e. The first-order valence-corrected chi connectivity index (χ1v) is 20.6. The second kappa shape index (κ2) is 12.1. The number of nitrogens with zero attached hydrogens (tertiary/aromatic N) is 1. The molecule has 6 aromatic carbocycles. The van der Waals surface area contributed by atoms with Gasteiger partial charge in [-0.1, -0.05) is 148 Å². The first kappa shape index (κ1) is 31.6. The number of benzene rings is 6. The van der Waals surface area contributed by atoms with Crippen LogP contribution in [0.3, 0.4) is 0 Å². The molecule has 6 aromatic rings. The zero-order valence-electron chi connectivity index (χ0n) is 31.0. The summed E-state index contributed by atoms with van der Waals surface area (Å²) in [6.07, 6.45) is 13.3. The van der Waals surface area contributed by atoms with E-state index in [2.05, 4.69) is 151 Å². The summed E-state index contributed by atoms with van der Waals surface area (Å²) < 4.78 is 0. The summed E-state index contributed by atoms with van der Waals surface area (Å²) in [6, 6.07) is 53.9. The van der Waals surface area contributed by atoms with Gasteiger partial charge in [0.05, 0.1) is 5.69 Å². The molecule has 0 aromatic heterocycles. The van der Waals surface area contributed by atoms with Crippen molar-refractivity contribution in [2.24, 2.45) is 17.8 Å². The van der Waals surface area contributed by atoms with E-state index in [-0.39, 0.29) is 10.8 Å². The number of hydrogen-bond donors (Lipinski definition) is 0. The molecule has 11 rings (SSSR count).